The SMILES string of the molecule is CC.Cc1cnc2c(c1)c(C)c(C)n2C. The predicted octanol–water partition coefficient (Wildman–Crippen LogP) is 3.52. The number of hydrogen-bond donors (Lipinski definition) is 0. The number of nitrogens with zero attached hydrogens (tertiary/aromatic N) is 2. The lowest BCUT2D eigenvalue weighted by atomic mass is 10.2. The van der Waals surface area contributed by atoms with E-state index < -0.39 is 0 Å². The summed E-state index contributed by atoms with van der Waals surface area (Å²) in [7, 11) is 2.06. The molecule has 2 heterocycles. The van der Waals surface area contributed by atoms with Crippen molar-refractivity contribution in [3.63, 3.8) is 0 Å². The van der Waals surface area contributed by atoms with Crippen LogP contribution in [0.25, 0.3) is 11.0 Å². The van der Waals surface area contributed by atoms with Gasteiger partial charge >= 0.3 is 0 Å². The summed E-state index contributed by atoms with van der Waals surface area (Å²) in [4.78, 5) is 4.42. The Balaban J connectivity index is 0.000000531. The number of aryl methyl sites for hydroxylation is 3. The van der Waals surface area contributed by atoms with Gasteiger partial charge < -0.3 is 4.57 Å². The minimum absolute atomic E-state index is 1.08. The van der Waals surface area contributed by atoms with Gasteiger partial charge in [0.15, 0.2) is 0 Å². The van der Waals surface area contributed by atoms with Crippen molar-refractivity contribution >= 4 is 11.0 Å². The summed E-state index contributed by atoms with van der Waals surface area (Å²) in [5.41, 5.74) is 4.95. The highest BCUT2D eigenvalue weighted by Gasteiger charge is 2.08. The molecule has 2 aromatic heterocycles. The Bertz CT molecular complexity index is 467. The van der Waals surface area contributed by atoms with Gasteiger partial charge in [-0.15, -0.1) is 0 Å². The van der Waals surface area contributed by atoms with Crippen molar-refractivity contribution < 1.29 is 0 Å². The van der Waals surface area contributed by atoms with Crippen molar-refractivity contribution in [2.45, 2.75) is 34.6 Å². The zero-order chi connectivity index (χ0) is 11.6. The molecule has 0 radical (unpaired) electrons. The van der Waals surface area contributed by atoms with Gasteiger partial charge in [-0.2, -0.15) is 0 Å². The largest absolute Gasteiger partial charge is 0.333 e. The van der Waals surface area contributed by atoms with E-state index in [1.54, 1.807) is 0 Å². The van der Waals surface area contributed by atoms with Gasteiger partial charge in [0.1, 0.15) is 5.65 Å². The number of fused-ring (bicyclic) bond motifs is 1. The van der Waals surface area contributed by atoms with E-state index in [1.165, 1.54) is 22.2 Å². The molecule has 0 fully saturated rings. The molecule has 0 aliphatic rings. The van der Waals surface area contributed by atoms with Crippen LogP contribution < -0.4 is 0 Å². The smallest absolute Gasteiger partial charge is 0.140 e. The summed E-state index contributed by atoms with van der Waals surface area (Å²) in [6.07, 6.45) is 1.92. The maximum Gasteiger partial charge on any atom is 0.140 e. The lowest BCUT2D eigenvalue weighted by Crippen LogP contribution is -1.92. The molecule has 2 heteroatoms. The Hall–Kier alpha value is -1.31. The number of hydrogen-bond acceptors (Lipinski definition) is 1. The minimum Gasteiger partial charge on any atom is -0.333 e. The monoisotopic (exact) mass is 204 g/mol. The third-order valence-electron chi connectivity index (χ3n) is 2.77. The average molecular weight is 204 g/mol. The third kappa shape index (κ3) is 1.89. The Kier molecular flexibility index (Phi) is 3.51. The first-order valence-corrected chi connectivity index (χ1v) is 5.49. The molecule has 0 N–H and O–H groups in total. The Morgan fingerprint density at radius 3 is 2.33 bits per heavy atom. The maximum absolute atomic E-state index is 4.42. The molecule has 15 heavy (non-hydrogen) atoms. The van der Waals surface area contributed by atoms with Crippen LogP contribution in [0.1, 0.15) is 30.7 Å². The van der Waals surface area contributed by atoms with E-state index in [1.807, 2.05) is 20.0 Å². The lowest BCUT2D eigenvalue weighted by Gasteiger charge is -1.97. The van der Waals surface area contributed by atoms with Gasteiger partial charge in [0.05, 0.1) is 0 Å². The van der Waals surface area contributed by atoms with Crippen molar-refractivity contribution in [2.24, 2.45) is 7.05 Å². The second kappa shape index (κ2) is 4.47. The van der Waals surface area contributed by atoms with Crippen molar-refractivity contribution in [3.8, 4) is 0 Å². The Morgan fingerprint density at radius 1 is 1.13 bits per heavy atom. The van der Waals surface area contributed by atoms with Crippen molar-refractivity contribution in [1.29, 1.82) is 0 Å². The standard InChI is InChI=1S/C11H14N2.C2H6/c1-7-5-10-8(2)9(3)13(4)11(10)12-6-7;1-2/h5-6H,1-4H3;1-2H3. The van der Waals surface area contributed by atoms with E-state index in [2.05, 4.69) is 43.4 Å². The zero-order valence-corrected chi connectivity index (χ0v) is 10.5. The van der Waals surface area contributed by atoms with E-state index in [0.29, 0.717) is 0 Å². The van der Waals surface area contributed by atoms with Crippen LogP contribution in [0, 0.1) is 20.8 Å². The van der Waals surface area contributed by atoms with Crippen LogP contribution in [0.3, 0.4) is 0 Å². The summed E-state index contributed by atoms with van der Waals surface area (Å²) in [5, 5.41) is 1.28. The van der Waals surface area contributed by atoms with Crippen molar-refractivity contribution in [1.82, 2.24) is 9.55 Å². The topological polar surface area (TPSA) is 17.8 Å². The van der Waals surface area contributed by atoms with E-state index in [9.17, 15) is 0 Å². The van der Waals surface area contributed by atoms with Crippen molar-refractivity contribution in [3.05, 3.63) is 29.1 Å². The lowest BCUT2D eigenvalue weighted by molar-refractivity contribution is 0.895. The van der Waals surface area contributed by atoms with Crippen LogP contribution in [0.15, 0.2) is 12.3 Å². The van der Waals surface area contributed by atoms with E-state index in [-0.39, 0.29) is 0 Å². The normalized spacial score (nSPS) is 10.0. The molecule has 0 aromatic carbocycles. The van der Waals surface area contributed by atoms with Crippen LogP contribution in [0.5, 0.6) is 0 Å². The zero-order valence-electron chi connectivity index (χ0n) is 10.5. The van der Waals surface area contributed by atoms with E-state index >= 15 is 0 Å². The summed E-state index contributed by atoms with van der Waals surface area (Å²) in [5.74, 6) is 0. The highest BCUT2D eigenvalue weighted by atomic mass is 15.0. The molecule has 0 aliphatic heterocycles. The molecule has 0 saturated carbocycles. The predicted molar refractivity (Wildman–Crippen MR) is 66.3 cm³/mol. The fourth-order valence-electron chi connectivity index (χ4n) is 1.71. The molecule has 0 saturated heterocycles. The third-order valence-corrected chi connectivity index (χ3v) is 2.77. The molecule has 0 aliphatic carbocycles. The number of aromatic nitrogens is 2. The molecule has 2 aromatic rings. The van der Waals surface area contributed by atoms with Gasteiger partial charge in [-0.25, -0.2) is 4.98 Å². The minimum atomic E-state index is 1.08. The molecule has 2 nitrogen and oxygen atoms in total. The van der Waals surface area contributed by atoms with Gasteiger partial charge in [0, 0.05) is 24.3 Å². The van der Waals surface area contributed by atoms with E-state index in [0.717, 1.165) is 5.65 Å². The molecule has 0 amide bonds. The fraction of sp³-hybridized carbons (Fsp3) is 0.462. The van der Waals surface area contributed by atoms with E-state index in [4.69, 9.17) is 0 Å². The van der Waals surface area contributed by atoms with Gasteiger partial charge in [-0.1, -0.05) is 13.8 Å². The first-order chi connectivity index (χ1) is 7.11. The van der Waals surface area contributed by atoms with Crippen molar-refractivity contribution in [2.75, 3.05) is 0 Å². The van der Waals surface area contributed by atoms with Crippen LogP contribution >= 0.6 is 0 Å². The second-order valence-electron chi connectivity index (χ2n) is 3.65. The number of pyridine rings is 1. The molecular weight excluding hydrogens is 184 g/mol. The maximum atomic E-state index is 4.42. The van der Waals surface area contributed by atoms with Crippen LogP contribution in [-0.2, 0) is 7.05 Å². The Morgan fingerprint density at radius 2 is 1.73 bits per heavy atom. The van der Waals surface area contributed by atoms with Crippen LogP contribution in [-0.4, -0.2) is 9.55 Å². The van der Waals surface area contributed by atoms with Gasteiger partial charge in [-0.05, 0) is 38.0 Å². The quantitative estimate of drug-likeness (QED) is 0.642. The first-order valence-electron chi connectivity index (χ1n) is 5.49. The molecule has 82 valence electrons. The summed E-state index contributed by atoms with van der Waals surface area (Å²) in [6.45, 7) is 10.4. The highest BCUT2D eigenvalue weighted by molar-refractivity contribution is 5.82. The molecule has 0 spiro atoms. The highest BCUT2D eigenvalue weighted by Crippen LogP contribution is 2.22. The Labute approximate surface area is 91.9 Å². The summed E-state index contributed by atoms with van der Waals surface area (Å²) in [6, 6.07) is 2.20. The molecule has 2 rings (SSSR count). The average Bonchev–Trinajstić information content (AvgIpc) is 2.47. The van der Waals surface area contributed by atoms with Crippen LogP contribution in [0.4, 0.5) is 0 Å². The van der Waals surface area contributed by atoms with Gasteiger partial charge in [0.25, 0.3) is 0 Å². The number of rotatable bonds is 0. The van der Waals surface area contributed by atoms with Gasteiger partial charge in [-0.3, -0.25) is 0 Å². The fourth-order valence-corrected chi connectivity index (χ4v) is 1.71. The van der Waals surface area contributed by atoms with Crippen LogP contribution in [0.2, 0.25) is 0 Å². The first kappa shape index (κ1) is 11.8. The van der Waals surface area contributed by atoms with Gasteiger partial charge in [0.2, 0.25) is 0 Å². The summed E-state index contributed by atoms with van der Waals surface area (Å²) >= 11 is 0. The molecule has 0 atom stereocenters. The molecule has 0 unspecified atom stereocenters. The molecular formula is C13H20N2. The molecule has 0 bridgehead atoms. The summed E-state index contributed by atoms with van der Waals surface area (Å²) < 4.78 is 2.14. The second-order valence-corrected chi connectivity index (χ2v) is 3.65.